The predicted molar refractivity (Wildman–Crippen MR) is 63.9 cm³/mol. The molecule has 0 amide bonds. The predicted octanol–water partition coefficient (Wildman–Crippen LogP) is 1.76. The maximum atomic E-state index is 9.13. The second-order valence-electron chi connectivity index (χ2n) is 3.56. The van der Waals surface area contributed by atoms with Crippen LogP contribution in [0.3, 0.4) is 0 Å². The summed E-state index contributed by atoms with van der Waals surface area (Å²) in [4.78, 5) is 0. The molecular formula is C13H19NO. The van der Waals surface area contributed by atoms with Gasteiger partial charge in [0.15, 0.2) is 0 Å². The number of benzene rings is 1. The highest BCUT2D eigenvalue weighted by atomic mass is 16.3. The molecule has 2 nitrogen and oxygen atoms in total. The molecule has 0 spiro atoms. The van der Waals surface area contributed by atoms with Crippen LogP contribution in [0.15, 0.2) is 42.0 Å². The third-order valence-electron chi connectivity index (χ3n) is 2.38. The first kappa shape index (κ1) is 12.0. The molecule has 15 heavy (non-hydrogen) atoms. The zero-order valence-corrected chi connectivity index (χ0v) is 9.24. The minimum Gasteiger partial charge on any atom is -0.392 e. The van der Waals surface area contributed by atoms with Crippen LogP contribution < -0.4 is 5.32 Å². The summed E-state index contributed by atoms with van der Waals surface area (Å²) >= 11 is 0. The van der Waals surface area contributed by atoms with E-state index in [1.165, 1.54) is 5.56 Å². The molecule has 0 bridgehead atoms. The molecule has 1 rings (SSSR count). The monoisotopic (exact) mass is 205 g/mol. The van der Waals surface area contributed by atoms with Gasteiger partial charge in [0, 0.05) is 6.54 Å². The van der Waals surface area contributed by atoms with Gasteiger partial charge in [-0.3, -0.25) is 0 Å². The molecular weight excluding hydrogens is 186 g/mol. The van der Waals surface area contributed by atoms with Crippen molar-refractivity contribution >= 4 is 0 Å². The number of hydrogen-bond acceptors (Lipinski definition) is 2. The molecule has 1 aromatic carbocycles. The number of nitrogens with one attached hydrogen (secondary N) is 1. The van der Waals surface area contributed by atoms with E-state index < -0.39 is 0 Å². The Morgan fingerprint density at radius 1 is 1.33 bits per heavy atom. The Balaban J connectivity index is 2.41. The van der Waals surface area contributed by atoms with Gasteiger partial charge in [-0.05, 0) is 31.0 Å². The summed E-state index contributed by atoms with van der Waals surface area (Å²) in [6, 6.07) is 10.4. The van der Waals surface area contributed by atoms with Gasteiger partial charge in [0.25, 0.3) is 0 Å². The zero-order chi connectivity index (χ0) is 10.9. The molecule has 2 N–H and O–H groups in total. The summed E-state index contributed by atoms with van der Waals surface area (Å²) in [5.74, 6) is 0. The Morgan fingerprint density at radius 3 is 2.67 bits per heavy atom. The fourth-order valence-corrected chi connectivity index (χ4v) is 1.44. The Bertz CT molecular complexity index is 293. The molecule has 0 aliphatic rings. The van der Waals surface area contributed by atoms with Gasteiger partial charge in [-0.25, -0.2) is 0 Å². The van der Waals surface area contributed by atoms with E-state index in [0.29, 0.717) is 0 Å². The molecule has 0 radical (unpaired) electrons. The van der Waals surface area contributed by atoms with Gasteiger partial charge in [0.2, 0.25) is 0 Å². The molecule has 0 atom stereocenters. The highest BCUT2D eigenvalue weighted by Crippen LogP contribution is 2.08. The van der Waals surface area contributed by atoms with Crippen molar-refractivity contribution in [3.8, 4) is 0 Å². The quantitative estimate of drug-likeness (QED) is 0.694. The van der Waals surface area contributed by atoms with Gasteiger partial charge in [-0.2, -0.15) is 0 Å². The van der Waals surface area contributed by atoms with E-state index in [1.54, 1.807) is 0 Å². The van der Waals surface area contributed by atoms with Crippen LogP contribution in [0.25, 0.3) is 0 Å². The van der Waals surface area contributed by atoms with Crippen molar-refractivity contribution in [2.75, 3.05) is 20.2 Å². The van der Waals surface area contributed by atoms with E-state index in [9.17, 15) is 0 Å². The highest BCUT2D eigenvalue weighted by Gasteiger charge is 1.96. The van der Waals surface area contributed by atoms with Crippen molar-refractivity contribution in [3.63, 3.8) is 0 Å². The topological polar surface area (TPSA) is 32.3 Å². The number of likely N-dealkylation sites (N-methyl/N-ethyl adjacent to an activating group) is 1. The van der Waals surface area contributed by atoms with Crippen LogP contribution >= 0.6 is 0 Å². The minimum absolute atomic E-state index is 0.161. The summed E-state index contributed by atoms with van der Waals surface area (Å²) in [5, 5.41) is 12.2. The SMILES string of the molecule is CNC/C=C(/CO)CCc1ccccc1. The zero-order valence-electron chi connectivity index (χ0n) is 9.24. The molecule has 0 heterocycles. The molecule has 0 aliphatic carbocycles. The van der Waals surface area contributed by atoms with E-state index in [0.717, 1.165) is 25.0 Å². The lowest BCUT2D eigenvalue weighted by atomic mass is 10.0. The van der Waals surface area contributed by atoms with Crippen molar-refractivity contribution in [2.24, 2.45) is 0 Å². The van der Waals surface area contributed by atoms with Gasteiger partial charge >= 0.3 is 0 Å². The third-order valence-corrected chi connectivity index (χ3v) is 2.38. The van der Waals surface area contributed by atoms with Gasteiger partial charge in [-0.1, -0.05) is 36.4 Å². The molecule has 1 aromatic rings. The first-order chi connectivity index (χ1) is 7.36. The number of aryl methyl sites for hydroxylation is 1. The fraction of sp³-hybridized carbons (Fsp3) is 0.385. The Hall–Kier alpha value is -1.12. The normalized spacial score (nSPS) is 11.7. The molecule has 2 heteroatoms. The molecule has 0 fully saturated rings. The van der Waals surface area contributed by atoms with Crippen LogP contribution in [0.4, 0.5) is 0 Å². The fourth-order valence-electron chi connectivity index (χ4n) is 1.44. The van der Waals surface area contributed by atoms with E-state index >= 15 is 0 Å². The summed E-state index contributed by atoms with van der Waals surface area (Å²) in [6.07, 6.45) is 3.99. The number of aliphatic hydroxyl groups excluding tert-OH is 1. The van der Waals surface area contributed by atoms with Gasteiger partial charge < -0.3 is 10.4 Å². The van der Waals surface area contributed by atoms with E-state index in [-0.39, 0.29) is 6.61 Å². The van der Waals surface area contributed by atoms with Crippen LogP contribution in [-0.2, 0) is 6.42 Å². The first-order valence-electron chi connectivity index (χ1n) is 5.34. The maximum Gasteiger partial charge on any atom is 0.0642 e. The molecule has 82 valence electrons. The Kier molecular flexibility index (Phi) is 5.74. The molecule has 0 aromatic heterocycles. The number of hydrogen-bond donors (Lipinski definition) is 2. The lowest BCUT2D eigenvalue weighted by molar-refractivity contribution is 0.326. The summed E-state index contributed by atoms with van der Waals surface area (Å²) < 4.78 is 0. The average Bonchev–Trinajstić information content (AvgIpc) is 2.31. The third kappa shape index (κ3) is 4.77. The van der Waals surface area contributed by atoms with Crippen LogP contribution in [0.5, 0.6) is 0 Å². The second-order valence-corrected chi connectivity index (χ2v) is 3.56. The largest absolute Gasteiger partial charge is 0.392 e. The van der Waals surface area contributed by atoms with Gasteiger partial charge in [0.05, 0.1) is 6.61 Å². The Labute approximate surface area is 91.6 Å². The Morgan fingerprint density at radius 2 is 2.07 bits per heavy atom. The second kappa shape index (κ2) is 7.21. The average molecular weight is 205 g/mol. The van der Waals surface area contributed by atoms with Crippen molar-refractivity contribution in [1.29, 1.82) is 0 Å². The van der Waals surface area contributed by atoms with E-state index in [4.69, 9.17) is 5.11 Å². The molecule has 0 saturated carbocycles. The molecule has 0 unspecified atom stereocenters. The lowest BCUT2D eigenvalue weighted by Crippen LogP contribution is -2.06. The van der Waals surface area contributed by atoms with Gasteiger partial charge in [-0.15, -0.1) is 0 Å². The summed E-state index contributed by atoms with van der Waals surface area (Å²) in [5.41, 5.74) is 2.43. The van der Waals surface area contributed by atoms with Crippen LogP contribution in [0.1, 0.15) is 12.0 Å². The number of rotatable bonds is 6. The minimum atomic E-state index is 0.161. The van der Waals surface area contributed by atoms with Crippen LogP contribution in [0.2, 0.25) is 0 Å². The van der Waals surface area contributed by atoms with Crippen LogP contribution in [0, 0.1) is 0 Å². The summed E-state index contributed by atoms with van der Waals surface area (Å²) in [7, 11) is 1.91. The summed E-state index contributed by atoms with van der Waals surface area (Å²) in [6.45, 7) is 0.985. The molecule has 0 saturated heterocycles. The lowest BCUT2D eigenvalue weighted by Gasteiger charge is -2.04. The van der Waals surface area contributed by atoms with E-state index in [2.05, 4.69) is 23.5 Å². The van der Waals surface area contributed by atoms with E-state index in [1.807, 2.05) is 25.2 Å². The standard InChI is InChI=1S/C13H19NO/c1-14-10-9-13(11-15)8-7-12-5-3-2-4-6-12/h2-6,9,14-15H,7-8,10-11H2,1H3/b13-9+. The highest BCUT2D eigenvalue weighted by molar-refractivity contribution is 5.17. The first-order valence-corrected chi connectivity index (χ1v) is 5.34. The van der Waals surface area contributed by atoms with Crippen molar-refractivity contribution in [3.05, 3.63) is 47.5 Å². The van der Waals surface area contributed by atoms with Crippen molar-refractivity contribution in [2.45, 2.75) is 12.8 Å². The maximum absolute atomic E-state index is 9.13. The van der Waals surface area contributed by atoms with Crippen molar-refractivity contribution < 1.29 is 5.11 Å². The van der Waals surface area contributed by atoms with Crippen LogP contribution in [-0.4, -0.2) is 25.3 Å². The smallest absolute Gasteiger partial charge is 0.0642 e. The number of aliphatic hydroxyl groups is 1. The van der Waals surface area contributed by atoms with Crippen molar-refractivity contribution in [1.82, 2.24) is 5.32 Å². The molecule has 0 aliphatic heterocycles. The van der Waals surface area contributed by atoms with Gasteiger partial charge in [0.1, 0.15) is 0 Å².